The van der Waals surface area contributed by atoms with Crippen molar-refractivity contribution in [2.45, 2.75) is 32.6 Å². The number of methoxy groups -OCH3 is 1. The van der Waals surface area contributed by atoms with Gasteiger partial charge in [0.25, 0.3) is 0 Å². The molecule has 0 amide bonds. The molecule has 4 nitrogen and oxygen atoms in total. The highest BCUT2D eigenvalue weighted by Crippen LogP contribution is 2.35. The van der Waals surface area contributed by atoms with E-state index in [1.807, 2.05) is 62.3 Å². The first kappa shape index (κ1) is 12.8. The predicted molar refractivity (Wildman–Crippen MR) is 72.4 cm³/mol. The second kappa shape index (κ2) is 4.90. The van der Waals surface area contributed by atoms with E-state index in [4.69, 9.17) is 9.47 Å². The normalized spacial score (nSPS) is 22.4. The van der Waals surface area contributed by atoms with Crippen LogP contribution < -0.4 is 15.2 Å². The maximum Gasteiger partial charge on any atom is 0.177 e. The number of nitrogens with one attached hydrogen (secondary N) is 1. The van der Waals surface area contributed by atoms with Gasteiger partial charge in [0.05, 0.1) is 13.2 Å². The van der Waals surface area contributed by atoms with Crippen LogP contribution in [0.1, 0.15) is 20.8 Å². The molecule has 1 heterocycles. The van der Waals surface area contributed by atoms with Gasteiger partial charge in [0.2, 0.25) is 0 Å². The molecule has 0 bridgehead atoms. The van der Waals surface area contributed by atoms with E-state index in [-0.39, 0.29) is 6.10 Å². The third-order valence-electron chi connectivity index (χ3n) is 2.84. The molecule has 0 spiro atoms. The Kier molecular flexibility index (Phi) is 3.48. The van der Waals surface area contributed by atoms with Crippen molar-refractivity contribution in [2.75, 3.05) is 12.1 Å². The Labute approximate surface area is 108 Å². The maximum atomic E-state index is 5.99. The summed E-state index contributed by atoms with van der Waals surface area (Å²) in [4.78, 5) is 0. The first-order chi connectivity index (χ1) is 8.57. The van der Waals surface area contributed by atoms with E-state index in [2.05, 4.69) is 5.43 Å². The van der Waals surface area contributed by atoms with Gasteiger partial charge in [0.15, 0.2) is 5.72 Å². The molecule has 0 radical (unpaired) electrons. The summed E-state index contributed by atoms with van der Waals surface area (Å²) in [5.41, 5.74) is 3.63. The largest absolute Gasteiger partial charge is 0.495 e. The molecule has 1 aromatic carbocycles. The minimum absolute atomic E-state index is 0.136. The molecule has 0 aliphatic carbocycles. The SMILES string of the molecule is COc1ccccc1N1NC=CC1(C)OC(C)C. The first-order valence-electron chi connectivity index (χ1n) is 6.12. The van der Waals surface area contributed by atoms with Crippen LogP contribution in [-0.4, -0.2) is 18.9 Å². The zero-order valence-corrected chi connectivity index (χ0v) is 11.3. The summed E-state index contributed by atoms with van der Waals surface area (Å²) < 4.78 is 11.4. The van der Waals surface area contributed by atoms with Crippen LogP contribution >= 0.6 is 0 Å². The molecule has 98 valence electrons. The van der Waals surface area contributed by atoms with E-state index in [1.165, 1.54) is 0 Å². The van der Waals surface area contributed by atoms with Crippen molar-refractivity contribution in [3.63, 3.8) is 0 Å². The molecule has 1 aliphatic heterocycles. The van der Waals surface area contributed by atoms with Crippen LogP contribution in [0.2, 0.25) is 0 Å². The van der Waals surface area contributed by atoms with E-state index in [9.17, 15) is 0 Å². The Morgan fingerprint density at radius 1 is 1.28 bits per heavy atom. The molecular weight excluding hydrogens is 228 g/mol. The Balaban J connectivity index is 2.32. The number of anilines is 1. The third-order valence-corrected chi connectivity index (χ3v) is 2.84. The number of para-hydroxylation sites is 2. The number of hydrogen-bond acceptors (Lipinski definition) is 4. The Bertz CT molecular complexity index is 445. The Morgan fingerprint density at radius 2 is 2.00 bits per heavy atom. The minimum Gasteiger partial charge on any atom is -0.495 e. The van der Waals surface area contributed by atoms with Gasteiger partial charge >= 0.3 is 0 Å². The van der Waals surface area contributed by atoms with Gasteiger partial charge in [-0.3, -0.25) is 0 Å². The summed E-state index contributed by atoms with van der Waals surface area (Å²) in [6.45, 7) is 6.07. The summed E-state index contributed by atoms with van der Waals surface area (Å²) in [5, 5.41) is 1.96. The standard InChI is InChI=1S/C14H20N2O2/c1-11(2)18-14(3)9-10-15-16(14)12-7-5-6-8-13(12)17-4/h5-11,15H,1-4H3. The average Bonchev–Trinajstić information content (AvgIpc) is 2.69. The van der Waals surface area contributed by atoms with E-state index < -0.39 is 5.72 Å². The Morgan fingerprint density at radius 3 is 2.67 bits per heavy atom. The second-order valence-corrected chi connectivity index (χ2v) is 4.69. The van der Waals surface area contributed by atoms with Gasteiger partial charge in [0, 0.05) is 6.20 Å². The van der Waals surface area contributed by atoms with Crippen molar-refractivity contribution in [3.8, 4) is 5.75 Å². The van der Waals surface area contributed by atoms with Crippen LogP contribution in [0.3, 0.4) is 0 Å². The molecular formula is C14H20N2O2. The average molecular weight is 248 g/mol. The van der Waals surface area contributed by atoms with Crippen molar-refractivity contribution >= 4 is 5.69 Å². The summed E-state index contributed by atoms with van der Waals surface area (Å²) in [6.07, 6.45) is 4.02. The molecule has 1 N–H and O–H groups in total. The van der Waals surface area contributed by atoms with Gasteiger partial charge in [-0.25, -0.2) is 5.01 Å². The van der Waals surface area contributed by atoms with Gasteiger partial charge in [-0.15, -0.1) is 0 Å². The molecule has 1 aromatic rings. The quantitative estimate of drug-likeness (QED) is 0.888. The van der Waals surface area contributed by atoms with Crippen LogP contribution in [0.5, 0.6) is 5.75 Å². The zero-order chi connectivity index (χ0) is 13.2. The fraction of sp³-hybridized carbons (Fsp3) is 0.429. The van der Waals surface area contributed by atoms with Crippen LogP contribution in [-0.2, 0) is 4.74 Å². The second-order valence-electron chi connectivity index (χ2n) is 4.69. The van der Waals surface area contributed by atoms with Gasteiger partial charge in [-0.05, 0) is 39.0 Å². The third kappa shape index (κ3) is 2.29. The maximum absolute atomic E-state index is 5.99. The molecule has 0 fully saturated rings. The first-order valence-corrected chi connectivity index (χ1v) is 6.12. The van der Waals surface area contributed by atoms with Crippen molar-refractivity contribution < 1.29 is 9.47 Å². The fourth-order valence-corrected chi connectivity index (χ4v) is 2.16. The summed E-state index contributed by atoms with van der Waals surface area (Å²) in [5.74, 6) is 0.812. The highest BCUT2D eigenvalue weighted by atomic mass is 16.5. The molecule has 18 heavy (non-hydrogen) atoms. The lowest BCUT2D eigenvalue weighted by molar-refractivity contribution is -0.0354. The highest BCUT2D eigenvalue weighted by molar-refractivity contribution is 5.60. The molecule has 0 saturated heterocycles. The lowest BCUT2D eigenvalue weighted by Crippen LogP contribution is -2.50. The molecule has 1 unspecified atom stereocenters. The molecule has 4 heteroatoms. The van der Waals surface area contributed by atoms with Crippen molar-refractivity contribution in [2.24, 2.45) is 0 Å². The lowest BCUT2D eigenvalue weighted by atomic mass is 10.2. The summed E-state index contributed by atoms with van der Waals surface area (Å²) in [7, 11) is 1.67. The number of hydrogen-bond donors (Lipinski definition) is 1. The number of hydrazine groups is 1. The van der Waals surface area contributed by atoms with Crippen molar-refractivity contribution in [1.82, 2.24) is 5.43 Å². The highest BCUT2D eigenvalue weighted by Gasteiger charge is 2.36. The smallest absolute Gasteiger partial charge is 0.177 e. The van der Waals surface area contributed by atoms with Crippen LogP contribution in [0.15, 0.2) is 36.5 Å². The monoisotopic (exact) mass is 248 g/mol. The molecule has 0 aromatic heterocycles. The Hall–Kier alpha value is -1.68. The fourth-order valence-electron chi connectivity index (χ4n) is 2.16. The number of benzene rings is 1. The van der Waals surface area contributed by atoms with Crippen LogP contribution in [0, 0.1) is 0 Å². The van der Waals surface area contributed by atoms with E-state index in [0.717, 1.165) is 11.4 Å². The van der Waals surface area contributed by atoms with E-state index >= 15 is 0 Å². The molecule has 1 aliphatic rings. The van der Waals surface area contributed by atoms with Crippen LogP contribution in [0.25, 0.3) is 0 Å². The van der Waals surface area contributed by atoms with Crippen LogP contribution in [0.4, 0.5) is 5.69 Å². The van der Waals surface area contributed by atoms with Gasteiger partial charge in [0.1, 0.15) is 11.4 Å². The van der Waals surface area contributed by atoms with Crippen molar-refractivity contribution in [3.05, 3.63) is 36.5 Å². The van der Waals surface area contributed by atoms with E-state index in [1.54, 1.807) is 7.11 Å². The number of nitrogens with zero attached hydrogens (tertiary/aromatic N) is 1. The molecule has 1 atom stereocenters. The van der Waals surface area contributed by atoms with Gasteiger partial charge in [-0.2, -0.15) is 0 Å². The molecule has 0 saturated carbocycles. The number of ether oxygens (including phenoxy) is 2. The lowest BCUT2D eigenvalue weighted by Gasteiger charge is -2.37. The minimum atomic E-state index is -0.511. The zero-order valence-electron chi connectivity index (χ0n) is 11.3. The molecule has 2 rings (SSSR count). The topological polar surface area (TPSA) is 33.7 Å². The van der Waals surface area contributed by atoms with Gasteiger partial charge in [-0.1, -0.05) is 12.1 Å². The van der Waals surface area contributed by atoms with E-state index in [0.29, 0.717) is 0 Å². The summed E-state index contributed by atoms with van der Waals surface area (Å²) >= 11 is 0. The predicted octanol–water partition coefficient (Wildman–Crippen LogP) is 2.67. The van der Waals surface area contributed by atoms with Gasteiger partial charge < -0.3 is 14.9 Å². The summed E-state index contributed by atoms with van der Waals surface area (Å²) in [6, 6.07) is 7.87. The number of rotatable bonds is 4. The van der Waals surface area contributed by atoms with Crippen molar-refractivity contribution in [1.29, 1.82) is 0 Å².